The van der Waals surface area contributed by atoms with E-state index in [1.54, 1.807) is 41.8 Å². The molecule has 3 rings (SSSR count). The number of sulfonamides is 1. The van der Waals surface area contributed by atoms with E-state index in [-0.39, 0.29) is 33.8 Å². The predicted molar refractivity (Wildman–Crippen MR) is 144 cm³/mol. The number of amides is 1. The van der Waals surface area contributed by atoms with Gasteiger partial charge in [-0.15, -0.1) is 16.8 Å². The molecule has 0 aliphatic carbocycles. The van der Waals surface area contributed by atoms with Crippen LogP contribution in [0.5, 0.6) is 0 Å². The molecule has 13 heteroatoms. The van der Waals surface area contributed by atoms with E-state index < -0.39 is 25.1 Å². The molecule has 1 N–H and O–H groups in total. The van der Waals surface area contributed by atoms with Gasteiger partial charge in [-0.3, -0.25) is 4.79 Å². The highest BCUT2D eigenvalue weighted by Gasteiger charge is 2.24. The van der Waals surface area contributed by atoms with Crippen molar-refractivity contribution in [3.8, 4) is 0 Å². The summed E-state index contributed by atoms with van der Waals surface area (Å²) in [7, 11) is -4.34. The Bertz CT molecular complexity index is 1480. The van der Waals surface area contributed by atoms with Crippen LogP contribution in [0.4, 0.5) is 5.69 Å². The van der Waals surface area contributed by atoms with Crippen molar-refractivity contribution in [2.45, 2.75) is 46.3 Å². The molecule has 1 heterocycles. The lowest BCUT2D eigenvalue weighted by Crippen LogP contribution is -2.24. The van der Waals surface area contributed by atoms with E-state index in [1.165, 1.54) is 38.4 Å². The zero-order chi connectivity index (χ0) is 27.4. The van der Waals surface area contributed by atoms with Crippen LogP contribution >= 0.6 is 11.8 Å². The highest BCUT2D eigenvalue weighted by molar-refractivity contribution is 8.00. The van der Waals surface area contributed by atoms with E-state index in [4.69, 9.17) is 0 Å². The Morgan fingerprint density at radius 2 is 1.65 bits per heavy atom. The van der Waals surface area contributed by atoms with Crippen molar-refractivity contribution in [3.63, 3.8) is 0 Å². The van der Waals surface area contributed by atoms with Gasteiger partial charge in [0.2, 0.25) is 15.9 Å². The number of nitrogens with zero attached hydrogens (tertiary/aromatic N) is 4. The molecule has 0 fully saturated rings. The fourth-order valence-corrected chi connectivity index (χ4v) is 6.25. The molecule has 0 bridgehead atoms. The molecule has 1 unspecified atom stereocenters. The number of carbonyl (C=O) groups excluding carboxylic acids is 1. The minimum atomic E-state index is -3.65. The number of carbonyl (C=O) groups is 1. The van der Waals surface area contributed by atoms with Crippen molar-refractivity contribution < 1.29 is 21.6 Å². The van der Waals surface area contributed by atoms with E-state index in [2.05, 4.69) is 22.1 Å². The molecule has 0 spiro atoms. The lowest BCUT2D eigenvalue weighted by Gasteiger charge is -2.14. The standard InChI is InChI=1S/C24H29N5O5S3/c1-6-15-29-22(16-36(31,32)20-11-7-17(2)8-12-20)26-27-24(29)35-18(3)23(30)25-19-9-13-21(14-10-19)37(33,34)28(4)5/h6-14,18H,1,15-16H2,2-5H3,(H,25,30). The van der Waals surface area contributed by atoms with Crippen LogP contribution in [0, 0.1) is 6.92 Å². The van der Waals surface area contributed by atoms with Crippen molar-refractivity contribution in [3.05, 3.63) is 72.6 Å². The number of hydrogen-bond acceptors (Lipinski definition) is 8. The van der Waals surface area contributed by atoms with Gasteiger partial charge in [0.25, 0.3) is 0 Å². The van der Waals surface area contributed by atoms with E-state index in [1.807, 2.05) is 6.92 Å². The Labute approximate surface area is 221 Å². The van der Waals surface area contributed by atoms with Crippen molar-refractivity contribution in [1.29, 1.82) is 0 Å². The number of nitrogens with one attached hydrogen (secondary N) is 1. The number of rotatable bonds is 11. The van der Waals surface area contributed by atoms with Crippen LogP contribution in [-0.4, -0.2) is 61.2 Å². The van der Waals surface area contributed by atoms with Gasteiger partial charge >= 0.3 is 0 Å². The highest BCUT2D eigenvalue weighted by atomic mass is 32.2. The maximum Gasteiger partial charge on any atom is 0.242 e. The zero-order valence-corrected chi connectivity index (χ0v) is 23.4. The molecule has 37 heavy (non-hydrogen) atoms. The fraction of sp³-hybridized carbons (Fsp3) is 0.292. The van der Waals surface area contributed by atoms with Crippen molar-refractivity contribution in [1.82, 2.24) is 19.1 Å². The predicted octanol–water partition coefficient (Wildman–Crippen LogP) is 3.12. The monoisotopic (exact) mass is 563 g/mol. The van der Waals surface area contributed by atoms with E-state index in [0.717, 1.165) is 21.6 Å². The van der Waals surface area contributed by atoms with Crippen molar-refractivity contribution in [2.75, 3.05) is 19.4 Å². The first-order chi connectivity index (χ1) is 17.3. The molecule has 0 saturated carbocycles. The number of thioether (sulfide) groups is 1. The van der Waals surface area contributed by atoms with E-state index >= 15 is 0 Å². The van der Waals surface area contributed by atoms with Crippen LogP contribution in [0.15, 0.2) is 76.1 Å². The largest absolute Gasteiger partial charge is 0.325 e. The van der Waals surface area contributed by atoms with Gasteiger partial charge in [0.15, 0.2) is 15.0 Å². The summed E-state index contributed by atoms with van der Waals surface area (Å²) in [6.07, 6.45) is 1.60. The second-order valence-corrected chi connectivity index (χ2v) is 13.9. The minimum absolute atomic E-state index is 0.114. The number of aryl methyl sites for hydroxylation is 1. The first kappa shape index (κ1) is 28.6. The van der Waals surface area contributed by atoms with Gasteiger partial charge in [0.1, 0.15) is 11.6 Å². The molecule has 1 atom stereocenters. The van der Waals surface area contributed by atoms with Gasteiger partial charge in [-0.25, -0.2) is 21.1 Å². The molecule has 2 aromatic carbocycles. The molecule has 1 aromatic heterocycles. The molecule has 0 radical (unpaired) electrons. The van der Waals surface area contributed by atoms with Gasteiger partial charge in [0.05, 0.1) is 15.0 Å². The van der Waals surface area contributed by atoms with Gasteiger partial charge in [-0.1, -0.05) is 35.5 Å². The van der Waals surface area contributed by atoms with Gasteiger partial charge in [0, 0.05) is 26.3 Å². The zero-order valence-electron chi connectivity index (χ0n) is 20.9. The lowest BCUT2D eigenvalue weighted by molar-refractivity contribution is -0.115. The Morgan fingerprint density at radius 3 is 2.22 bits per heavy atom. The summed E-state index contributed by atoms with van der Waals surface area (Å²) >= 11 is 1.13. The summed E-state index contributed by atoms with van der Waals surface area (Å²) in [5.74, 6) is -0.441. The van der Waals surface area contributed by atoms with E-state index in [9.17, 15) is 21.6 Å². The van der Waals surface area contributed by atoms with Crippen molar-refractivity contribution in [2.24, 2.45) is 0 Å². The molecule has 0 saturated heterocycles. The Kier molecular flexibility index (Phi) is 8.95. The quantitative estimate of drug-likeness (QED) is 0.278. The number of allylic oxidation sites excluding steroid dienone is 1. The maximum absolute atomic E-state index is 12.9. The second-order valence-electron chi connectivity index (χ2n) is 8.43. The SMILES string of the molecule is C=CCn1c(CS(=O)(=O)c2ccc(C)cc2)nnc1SC(C)C(=O)Nc1ccc(S(=O)(=O)N(C)C)cc1. The average molecular weight is 564 g/mol. The summed E-state index contributed by atoms with van der Waals surface area (Å²) in [4.78, 5) is 13.1. The normalized spacial score (nSPS) is 12.9. The topological polar surface area (TPSA) is 131 Å². The summed E-state index contributed by atoms with van der Waals surface area (Å²) < 4.78 is 53.0. The Morgan fingerprint density at radius 1 is 1.05 bits per heavy atom. The van der Waals surface area contributed by atoms with Crippen LogP contribution in [0.3, 0.4) is 0 Å². The second kappa shape index (κ2) is 11.6. The Hall–Kier alpha value is -3.00. The molecule has 3 aromatic rings. The van der Waals surface area contributed by atoms with Crippen LogP contribution in [0.2, 0.25) is 0 Å². The summed E-state index contributed by atoms with van der Waals surface area (Å²) in [6, 6.07) is 12.5. The highest BCUT2D eigenvalue weighted by Crippen LogP contribution is 2.26. The third-order valence-electron chi connectivity index (χ3n) is 5.36. The maximum atomic E-state index is 12.9. The Balaban J connectivity index is 1.73. The van der Waals surface area contributed by atoms with Crippen LogP contribution < -0.4 is 5.32 Å². The minimum Gasteiger partial charge on any atom is -0.325 e. The number of hydrogen-bond donors (Lipinski definition) is 1. The molecule has 1 amide bonds. The number of benzene rings is 2. The fourth-order valence-electron chi connectivity index (χ4n) is 3.20. The lowest BCUT2D eigenvalue weighted by atomic mass is 10.2. The number of sulfone groups is 1. The van der Waals surface area contributed by atoms with Gasteiger partial charge in [-0.05, 0) is 50.2 Å². The third-order valence-corrected chi connectivity index (χ3v) is 9.89. The number of anilines is 1. The summed E-state index contributed by atoms with van der Waals surface area (Å²) in [6.45, 7) is 7.55. The van der Waals surface area contributed by atoms with Crippen LogP contribution in [0.1, 0.15) is 18.3 Å². The number of aromatic nitrogens is 3. The van der Waals surface area contributed by atoms with Crippen LogP contribution in [-0.2, 0) is 37.0 Å². The van der Waals surface area contributed by atoms with Crippen LogP contribution in [0.25, 0.3) is 0 Å². The first-order valence-electron chi connectivity index (χ1n) is 11.2. The van der Waals surface area contributed by atoms with Gasteiger partial charge < -0.3 is 9.88 Å². The molecule has 0 aliphatic rings. The molecular weight excluding hydrogens is 534 g/mol. The summed E-state index contributed by atoms with van der Waals surface area (Å²) in [5, 5.41) is 10.7. The smallest absolute Gasteiger partial charge is 0.242 e. The molecule has 0 aliphatic heterocycles. The average Bonchev–Trinajstić information content (AvgIpc) is 3.19. The molecule has 10 nitrogen and oxygen atoms in total. The molecule has 198 valence electrons. The van der Waals surface area contributed by atoms with Gasteiger partial charge in [-0.2, -0.15) is 0 Å². The van der Waals surface area contributed by atoms with Crippen molar-refractivity contribution >= 4 is 43.2 Å². The first-order valence-corrected chi connectivity index (χ1v) is 15.1. The van der Waals surface area contributed by atoms with E-state index in [0.29, 0.717) is 10.8 Å². The summed E-state index contributed by atoms with van der Waals surface area (Å²) in [5.41, 5.74) is 1.39. The molecular formula is C24H29N5O5S3. The third kappa shape index (κ3) is 6.86.